The van der Waals surface area contributed by atoms with Crippen LogP contribution in [-0.2, 0) is 0 Å². The molecule has 0 bridgehead atoms. The SMILES string of the molecule is Cc1cc(C)c2c(c1)N=C(NO)CCS2. The summed E-state index contributed by atoms with van der Waals surface area (Å²) >= 11 is 1.80. The van der Waals surface area contributed by atoms with Crippen LogP contribution in [0, 0.1) is 13.8 Å². The summed E-state index contributed by atoms with van der Waals surface area (Å²) < 4.78 is 0. The Morgan fingerprint density at radius 1 is 1.40 bits per heavy atom. The normalized spacial score (nSPS) is 15.3. The van der Waals surface area contributed by atoms with Gasteiger partial charge in [0, 0.05) is 17.1 Å². The number of thioether (sulfide) groups is 1. The van der Waals surface area contributed by atoms with Crippen molar-refractivity contribution >= 4 is 23.3 Å². The Kier molecular flexibility index (Phi) is 2.98. The number of hydrogen-bond donors (Lipinski definition) is 2. The van der Waals surface area contributed by atoms with Crippen LogP contribution in [0.15, 0.2) is 22.0 Å². The number of nitrogens with zero attached hydrogens (tertiary/aromatic N) is 1. The molecule has 2 N–H and O–H groups in total. The molecule has 0 radical (unpaired) electrons. The van der Waals surface area contributed by atoms with Crippen LogP contribution in [0.1, 0.15) is 17.5 Å². The van der Waals surface area contributed by atoms with Gasteiger partial charge in [-0.05, 0) is 31.0 Å². The number of hydroxylamine groups is 1. The highest BCUT2D eigenvalue weighted by Crippen LogP contribution is 2.36. The number of aliphatic imine (C=N–C) groups is 1. The Balaban J connectivity index is 2.53. The maximum Gasteiger partial charge on any atom is 0.127 e. The Hall–Kier alpha value is -1.000. The molecule has 1 aromatic carbocycles. The van der Waals surface area contributed by atoms with Crippen molar-refractivity contribution in [2.75, 3.05) is 5.75 Å². The maximum absolute atomic E-state index is 8.89. The number of amidine groups is 1. The van der Waals surface area contributed by atoms with E-state index in [1.165, 1.54) is 16.0 Å². The summed E-state index contributed by atoms with van der Waals surface area (Å²) in [7, 11) is 0. The predicted octanol–water partition coefficient (Wildman–Crippen LogP) is 2.81. The Morgan fingerprint density at radius 3 is 2.93 bits per heavy atom. The van der Waals surface area contributed by atoms with Crippen LogP contribution in [0.5, 0.6) is 0 Å². The minimum absolute atomic E-state index is 0.645. The van der Waals surface area contributed by atoms with E-state index in [9.17, 15) is 0 Å². The topological polar surface area (TPSA) is 44.6 Å². The third-order valence-corrected chi connectivity index (χ3v) is 3.60. The lowest BCUT2D eigenvalue weighted by atomic mass is 10.1. The zero-order valence-corrected chi connectivity index (χ0v) is 9.69. The summed E-state index contributed by atoms with van der Waals surface area (Å²) in [6.45, 7) is 4.16. The first-order valence-corrected chi connectivity index (χ1v) is 5.91. The molecule has 0 unspecified atom stereocenters. The third-order valence-electron chi connectivity index (χ3n) is 2.37. The molecule has 80 valence electrons. The highest BCUT2D eigenvalue weighted by molar-refractivity contribution is 7.99. The second-order valence-electron chi connectivity index (χ2n) is 3.70. The van der Waals surface area contributed by atoms with Crippen LogP contribution in [0.25, 0.3) is 0 Å². The summed E-state index contributed by atoms with van der Waals surface area (Å²) in [5.41, 5.74) is 5.59. The number of aryl methyl sites for hydroxylation is 2. The second kappa shape index (κ2) is 4.24. The number of nitrogens with one attached hydrogen (secondary N) is 1. The second-order valence-corrected chi connectivity index (χ2v) is 4.80. The molecule has 0 saturated heterocycles. The predicted molar refractivity (Wildman–Crippen MR) is 63.3 cm³/mol. The number of hydrogen-bond acceptors (Lipinski definition) is 4. The molecule has 1 aliphatic rings. The van der Waals surface area contributed by atoms with Crippen LogP contribution in [0.2, 0.25) is 0 Å². The molecule has 1 aromatic rings. The highest BCUT2D eigenvalue weighted by Gasteiger charge is 2.12. The smallest absolute Gasteiger partial charge is 0.127 e. The van der Waals surface area contributed by atoms with Gasteiger partial charge < -0.3 is 0 Å². The fourth-order valence-corrected chi connectivity index (χ4v) is 2.77. The largest absolute Gasteiger partial charge is 0.290 e. The molecule has 0 amide bonds. The molecule has 0 saturated carbocycles. The minimum atomic E-state index is 0.645. The van der Waals surface area contributed by atoms with E-state index in [-0.39, 0.29) is 0 Å². The van der Waals surface area contributed by atoms with Gasteiger partial charge in [0.2, 0.25) is 0 Å². The van der Waals surface area contributed by atoms with Crippen molar-refractivity contribution in [3.63, 3.8) is 0 Å². The van der Waals surface area contributed by atoms with E-state index in [4.69, 9.17) is 5.21 Å². The molecule has 0 fully saturated rings. The van der Waals surface area contributed by atoms with Gasteiger partial charge in [-0.25, -0.2) is 4.99 Å². The summed E-state index contributed by atoms with van der Waals surface area (Å²) in [6, 6.07) is 4.22. The third kappa shape index (κ3) is 2.16. The Morgan fingerprint density at radius 2 is 2.20 bits per heavy atom. The number of benzene rings is 1. The molecule has 0 aromatic heterocycles. The van der Waals surface area contributed by atoms with E-state index in [1.807, 2.05) is 0 Å². The van der Waals surface area contributed by atoms with Crippen LogP contribution < -0.4 is 5.48 Å². The van der Waals surface area contributed by atoms with Gasteiger partial charge in [0.25, 0.3) is 0 Å². The molecule has 1 aliphatic heterocycles. The van der Waals surface area contributed by atoms with Gasteiger partial charge in [-0.15, -0.1) is 11.8 Å². The molecule has 0 aliphatic carbocycles. The lowest BCUT2D eigenvalue weighted by molar-refractivity contribution is 0.232. The Bertz CT molecular complexity index is 415. The van der Waals surface area contributed by atoms with Gasteiger partial charge in [0.05, 0.1) is 5.69 Å². The quantitative estimate of drug-likeness (QED) is 0.663. The first kappa shape index (κ1) is 10.5. The maximum atomic E-state index is 8.89. The summed E-state index contributed by atoms with van der Waals surface area (Å²) in [5, 5.41) is 8.89. The summed E-state index contributed by atoms with van der Waals surface area (Å²) in [4.78, 5) is 5.64. The van der Waals surface area contributed by atoms with E-state index in [0.717, 1.165) is 17.9 Å². The average molecular weight is 222 g/mol. The zero-order valence-electron chi connectivity index (χ0n) is 8.87. The molecule has 0 spiro atoms. The molecule has 4 heteroatoms. The van der Waals surface area contributed by atoms with Crippen LogP contribution >= 0.6 is 11.8 Å². The minimum Gasteiger partial charge on any atom is -0.290 e. The van der Waals surface area contributed by atoms with E-state index < -0.39 is 0 Å². The molecule has 0 atom stereocenters. The zero-order chi connectivity index (χ0) is 10.8. The van der Waals surface area contributed by atoms with Gasteiger partial charge in [-0.1, -0.05) is 6.07 Å². The molecular formula is C11H14N2OS. The van der Waals surface area contributed by atoms with E-state index in [2.05, 4.69) is 36.5 Å². The van der Waals surface area contributed by atoms with Gasteiger partial charge in [-0.3, -0.25) is 10.7 Å². The van der Waals surface area contributed by atoms with Crippen molar-refractivity contribution in [1.82, 2.24) is 5.48 Å². The van der Waals surface area contributed by atoms with E-state index in [0.29, 0.717) is 5.84 Å². The molecule has 15 heavy (non-hydrogen) atoms. The standard InChI is InChI=1S/C11H14N2OS/c1-7-5-8(2)11-9(6-7)12-10(13-14)3-4-15-11/h5-6,14H,3-4H2,1-2H3,(H,12,13). The van der Waals surface area contributed by atoms with Gasteiger partial charge in [-0.2, -0.15) is 0 Å². The van der Waals surface area contributed by atoms with Gasteiger partial charge in [0.1, 0.15) is 5.84 Å². The Labute approximate surface area is 93.6 Å². The van der Waals surface area contributed by atoms with Crippen molar-refractivity contribution in [3.05, 3.63) is 23.3 Å². The lowest BCUT2D eigenvalue weighted by Gasteiger charge is -2.07. The highest BCUT2D eigenvalue weighted by atomic mass is 32.2. The lowest BCUT2D eigenvalue weighted by Crippen LogP contribution is -2.18. The van der Waals surface area contributed by atoms with Crippen LogP contribution in [-0.4, -0.2) is 16.8 Å². The van der Waals surface area contributed by atoms with Crippen molar-refractivity contribution in [3.8, 4) is 0 Å². The number of fused-ring (bicyclic) bond motifs is 1. The fraction of sp³-hybridized carbons (Fsp3) is 0.364. The fourth-order valence-electron chi connectivity index (χ4n) is 1.73. The van der Waals surface area contributed by atoms with Gasteiger partial charge in [0.15, 0.2) is 0 Å². The van der Waals surface area contributed by atoms with Crippen LogP contribution in [0.4, 0.5) is 5.69 Å². The van der Waals surface area contributed by atoms with Crippen molar-refractivity contribution in [2.24, 2.45) is 4.99 Å². The molecule has 1 heterocycles. The van der Waals surface area contributed by atoms with Crippen molar-refractivity contribution in [1.29, 1.82) is 0 Å². The first-order chi connectivity index (χ1) is 7.20. The summed E-state index contributed by atoms with van der Waals surface area (Å²) in [6.07, 6.45) is 0.772. The van der Waals surface area contributed by atoms with Gasteiger partial charge >= 0.3 is 0 Å². The molecular weight excluding hydrogens is 208 g/mol. The summed E-state index contributed by atoms with van der Waals surface area (Å²) in [5.74, 6) is 1.59. The average Bonchev–Trinajstić information content (AvgIpc) is 2.39. The molecule has 2 rings (SSSR count). The van der Waals surface area contributed by atoms with Crippen LogP contribution in [0.3, 0.4) is 0 Å². The van der Waals surface area contributed by atoms with Crippen molar-refractivity contribution in [2.45, 2.75) is 25.2 Å². The first-order valence-electron chi connectivity index (χ1n) is 4.92. The monoisotopic (exact) mass is 222 g/mol. The number of rotatable bonds is 0. The van der Waals surface area contributed by atoms with E-state index >= 15 is 0 Å². The molecule has 3 nitrogen and oxygen atoms in total. The van der Waals surface area contributed by atoms with Crippen molar-refractivity contribution < 1.29 is 5.21 Å². The van der Waals surface area contributed by atoms with E-state index in [1.54, 1.807) is 11.8 Å².